The molecule has 4 rings (SSSR count). The number of unbranched alkanes of at least 4 members (excludes halogenated alkanes) is 3. The number of aliphatic hydroxyl groups excluding tert-OH is 1. The number of fused-ring (bicyclic) bond motifs is 1. The van der Waals surface area contributed by atoms with E-state index in [4.69, 9.17) is 0 Å². The van der Waals surface area contributed by atoms with E-state index in [0.29, 0.717) is 39.0 Å². The van der Waals surface area contributed by atoms with Crippen molar-refractivity contribution in [1.82, 2.24) is 9.80 Å². The fraction of sp³-hybridized carbons (Fsp3) is 0.594. The highest BCUT2D eigenvalue weighted by Crippen LogP contribution is 2.71. The van der Waals surface area contributed by atoms with Crippen molar-refractivity contribution in [2.45, 2.75) is 74.3 Å². The summed E-state index contributed by atoms with van der Waals surface area (Å²) in [7, 11) is 0. The molecule has 3 amide bonds. The topological polar surface area (TPSA) is 81.2 Å². The number of aliphatic hydroxyl groups is 1. The van der Waals surface area contributed by atoms with Gasteiger partial charge >= 0.3 is 0 Å². The van der Waals surface area contributed by atoms with Gasteiger partial charge in [-0.1, -0.05) is 43.7 Å². The predicted octanol–water partition coefficient (Wildman–Crippen LogP) is 4.66. The van der Waals surface area contributed by atoms with E-state index in [0.717, 1.165) is 37.8 Å². The molecule has 5 atom stereocenters. The van der Waals surface area contributed by atoms with Gasteiger partial charge in [-0.05, 0) is 57.6 Å². The molecule has 40 heavy (non-hydrogen) atoms. The van der Waals surface area contributed by atoms with Crippen molar-refractivity contribution in [2.24, 2.45) is 11.8 Å². The SMILES string of the molecule is C=CCN(CCCC)C(=O)C1N(CCCCCO)C(=O)[C@@H]2[C@H](C(=O)N(CC=C)c3ccccc3)[C@]3(C)CCC12S3. The van der Waals surface area contributed by atoms with E-state index in [9.17, 15) is 19.5 Å². The summed E-state index contributed by atoms with van der Waals surface area (Å²) in [6.45, 7) is 14.0. The molecular formula is C32H45N3O4S. The summed E-state index contributed by atoms with van der Waals surface area (Å²) in [5.41, 5.74) is 0.786. The summed E-state index contributed by atoms with van der Waals surface area (Å²) in [4.78, 5) is 48.6. The molecule has 0 saturated carbocycles. The Bertz CT molecular complexity index is 1100. The normalized spacial score (nSPS) is 28.4. The van der Waals surface area contributed by atoms with Crippen LogP contribution in [0.1, 0.15) is 58.8 Å². The van der Waals surface area contributed by atoms with Crippen LogP contribution >= 0.6 is 11.8 Å². The first-order chi connectivity index (χ1) is 19.3. The van der Waals surface area contributed by atoms with Crippen molar-refractivity contribution in [1.29, 1.82) is 0 Å². The fourth-order valence-electron chi connectivity index (χ4n) is 7.09. The maximum atomic E-state index is 14.4. The molecule has 7 nitrogen and oxygen atoms in total. The second-order valence-corrected chi connectivity index (χ2v) is 13.4. The van der Waals surface area contributed by atoms with Crippen molar-refractivity contribution in [2.75, 3.05) is 37.7 Å². The molecule has 0 radical (unpaired) electrons. The minimum atomic E-state index is -0.637. The Morgan fingerprint density at radius 1 is 1.07 bits per heavy atom. The number of likely N-dealkylation sites (tertiary alicyclic amines) is 1. The van der Waals surface area contributed by atoms with Gasteiger partial charge in [0, 0.05) is 43.2 Å². The zero-order valence-electron chi connectivity index (χ0n) is 24.1. The zero-order chi connectivity index (χ0) is 28.9. The first-order valence-electron chi connectivity index (χ1n) is 14.8. The minimum Gasteiger partial charge on any atom is -0.396 e. The van der Waals surface area contributed by atoms with Crippen LogP contribution in [0.4, 0.5) is 5.69 Å². The Morgan fingerprint density at radius 2 is 1.80 bits per heavy atom. The van der Waals surface area contributed by atoms with Crippen LogP contribution in [-0.2, 0) is 14.4 Å². The van der Waals surface area contributed by atoms with Gasteiger partial charge in [0.05, 0.1) is 16.6 Å². The van der Waals surface area contributed by atoms with E-state index in [1.54, 1.807) is 33.7 Å². The zero-order valence-corrected chi connectivity index (χ0v) is 24.9. The van der Waals surface area contributed by atoms with Crippen molar-refractivity contribution in [3.05, 3.63) is 55.6 Å². The first kappa shape index (κ1) is 30.4. The number of hydrogen-bond donors (Lipinski definition) is 1. The summed E-state index contributed by atoms with van der Waals surface area (Å²) in [5, 5.41) is 9.29. The van der Waals surface area contributed by atoms with Gasteiger partial charge < -0.3 is 19.8 Å². The summed E-state index contributed by atoms with van der Waals surface area (Å²) < 4.78 is -1.07. The Hall–Kier alpha value is -2.58. The van der Waals surface area contributed by atoms with Crippen LogP contribution in [0, 0.1) is 11.8 Å². The Labute approximate surface area is 243 Å². The Morgan fingerprint density at radius 3 is 2.45 bits per heavy atom. The molecule has 3 heterocycles. The lowest BCUT2D eigenvalue weighted by Crippen LogP contribution is -2.55. The van der Waals surface area contributed by atoms with Crippen molar-refractivity contribution in [3.8, 4) is 0 Å². The molecule has 1 N–H and O–H groups in total. The molecule has 1 aromatic carbocycles. The lowest BCUT2D eigenvalue weighted by atomic mass is 9.66. The van der Waals surface area contributed by atoms with Crippen molar-refractivity contribution >= 4 is 35.2 Å². The van der Waals surface area contributed by atoms with Crippen LogP contribution in [0.15, 0.2) is 55.6 Å². The molecule has 2 unspecified atom stereocenters. The Kier molecular flexibility index (Phi) is 9.83. The van der Waals surface area contributed by atoms with E-state index < -0.39 is 27.4 Å². The minimum absolute atomic E-state index is 0.0257. The smallest absolute Gasteiger partial charge is 0.247 e. The standard InChI is InChI=1S/C32H45N3O4S/c1-5-8-21-33(19-6-2)30(39)27-32-18-17-31(4,40-32)25(26(32)29(38)35(27)22-13-10-14-23-36)28(37)34(20-7-3)24-15-11-9-12-16-24/h6-7,9,11-12,15-16,25-27,36H,2-3,5,8,10,13-14,17-23H2,1,4H3/t25-,26+,27?,31+,32?/m1/s1. The number of thioether (sulfide) groups is 1. The highest BCUT2D eigenvalue weighted by atomic mass is 32.2. The molecule has 1 aromatic rings. The molecule has 3 aliphatic rings. The number of amides is 3. The Balaban J connectivity index is 1.74. The lowest BCUT2D eigenvalue weighted by Gasteiger charge is -2.38. The van der Waals surface area contributed by atoms with Crippen LogP contribution in [0.3, 0.4) is 0 Å². The molecule has 3 saturated heterocycles. The van der Waals surface area contributed by atoms with E-state index >= 15 is 0 Å². The fourth-order valence-corrected chi connectivity index (χ4v) is 9.43. The van der Waals surface area contributed by atoms with E-state index in [1.165, 1.54) is 0 Å². The highest BCUT2D eigenvalue weighted by Gasteiger charge is 2.77. The summed E-state index contributed by atoms with van der Waals surface area (Å²) in [5.74, 6) is -1.24. The van der Waals surface area contributed by atoms with Gasteiger partial charge in [-0.15, -0.1) is 24.9 Å². The maximum Gasteiger partial charge on any atom is 0.247 e. The van der Waals surface area contributed by atoms with Gasteiger partial charge in [0.1, 0.15) is 6.04 Å². The monoisotopic (exact) mass is 567 g/mol. The molecule has 2 bridgehead atoms. The molecule has 3 aliphatic heterocycles. The van der Waals surface area contributed by atoms with Gasteiger partial charge in [0.25, 0.3) is 0 Å². The van der Waals surface area contributed by atoms with Crippen molar-refractivity contribution < 1.29 is 19.5 Å². The third kappa shape index (κ3) is 5.37. The van der Waals surface area contributed by atoms with Crippen molar-refractivity contribution in [3.63, 3.8) is 0 Å². The molecule has 0 aromatic heterocycles. The third-order valence-electron chi connectivity index (χ3n) is 8.92. The van der Waals surface area contributed by atoms with Crippen LogP contribution in [-0.4, -0.2) is 80.9 Å². The summed E-state index contributed by atoms with van der Waals surface area (Å²) in [6, 6.07) is 8.96. The molecule has 3 fully saturated rings. The lowest BCUT2D eigenvalue weighted by molar-refractivity contribution is -0.143. The summed E-state index contributed by atoms with van der Waals surface area (Å²) >= 11 is 1.72. The summed E-state index contributed by atoms with van der Waals surface area (Å²) in [6.07, 6.45) is 8.99. The third-order valence-corrected chi connectivity index (χ3v) is 10.9. The number of anilines is 1. The number of hydrogen-bond acceptors (Lipinski definition) is 5. The van der Waals surface area contributed by atoms with Gasteiger partial charge in [-0.3, -0.25) is 14.4 Å². The number of para-hydroxylation sites is 1. The molecule has 8 heteroatoms. The number of carbonyl (C=O) groups excluding carboxylic acids is 3. The van der Waals surface area contributed by atoms with Gasteiger partial charge in [-0.25, -0.2) is 0 Å². The molecular weight excluding hydrogens is 522 g/mol. The van der Waals surface area contributed by atoms with Gasteiger partial charge in [0.2, 0.25) is 17.7 Å². The molecule has 0 aliphatic carbocycles. The highest BCUT2D eigenvalue weighted by molar-refractivity contribution is 8.02. The second kappa shape index (κ2) is 12.9. The molecule has 1 spiro atoms. The second-order valence-electron chi connectivity index (χ2n) is 11.5. The quantitative estimate of drug-likeness (QED) is 0.246. The average molecular weight is 568 g/mol. The van der Waals surface area contributed by atoms with Crippen LogP contribution in [0.5, 0.6) is 0 Å². The van der Waals surface area contributed by atoms with Crippen LogP contribution < -0.4 is 4.90 Å². The van der Waals surface area contributed by atoms with Crippen LogP contribution in [0.25, 0.3) is 0 Å². The number of benzene rings is 1. The largest absolute Gasteiger partial charge is 0.396 e. The number of carbonyl (C=O) groups is 3. The van der Waals surface area contributed by atoms with E-state index in [1.807, 2.05) is 35.2 Å². The van der Waals surface area contributed by atoms with E-state index in [-0.39, 0.29) is 24.3 Å². The average Bonchev–Trinajstić information content (AvgIpc) is 3.52. The van der Waals surface area contributed by atoms with E-state index in [2.05, 4.69) is 27.0 Å². The predicted molar refractivity (Wildman–Crippen MR) is 162 cm³/mol. The van der Waals surface area contributed by atoms with Gasteiger partial charge in [-0.2, -0.15) is 0 Å². The van der Waals surface area contributed by atoms with Gasteiger partial charge in [0.15, 0.2) is 0 Å². The molecule has 218 valence electrons. The maximum absolute atomic E-state index is 14.4. The first-order valence-corrected chi connectivity index (χ1v) is 15.6. The van der Waals surface area contributed by atoms with Crippen LogP contribution in [0.2, 0.25) is 0 Å². The number of rotatable bonds is 15. The number of nitrogens with zero attached hydrogens (tertiary/aromatic N) is 3.